The molecule has 1 amide bonds. The van der Waals surface area contributed by atoms with Crippen LogP contribution in [-0.4, -0.2) is 27.8 Å². The van der Waals surface area contributed by atoms with Crippen molar-refractivity contribution in [1.82, 2.24) is 15.1 Å². The van der Waals surface area contributed by atoms with Gasteiger partial charge in [-0.05, 0) is 51.3 Å². The van der Waals surface area contributed by atoms with Crippen LogP contribution in [0.2, 0.25) is 10.0 Å². The van der Waals surface area contributed by atoms with Crippen molar-refractivity contribution in [2.45, 2.75) is 38.6 Å². The van der Waals surface area contributed by atoms with E-state index < -0.39 is 5.54 Å². The highest BCUT2D eigenvalue weighted by Crippen LogP contribution is 2.31. The van der Waals surface area contributed by atoms with Crippen molar-refractivity contribution < 1.29 is 4.79 Å². The second-order valence-corrected chi connectivity index (χ2v) is 7.52. The van der Waals surface area contributed by atoms with Gasteiger partial charge in [0, 0.05) is 28.4 Å². The summed E-state index contributed by atoms with van der Waals surface area (Å²) in [4.78, 5) is 12.7. The first-order valence-corrected chi connectivity index (χ1v) is 8.67. The van der Waals surface area contributed by atoms with E-state index in [0.717, 1.165) is 36.2 Å². The van der Waals surface area contributed by atoms with Gasteiger partial charge < -0.3 is 11.1 Å². The zero-order chi connectivity index (χ0) is 17.5. The topological polar surface area (TPSA) is 72.9 Å². The fraction of sp³-hybridized carbons (Fsp3) is 0.412. The summed E-state index contributed by atoms with van der Waals surface area (Å²) in [5, 5.41) is 8.57. The molecule has 0 bridgehead atoms. The van der Waals surface area contributed by atoms with Crippen LogP contribution in [0.4, 0.5) is 0 Å². The lowest BCUT2D eigenvalue weighted by molar-refractivity contribution is 0.0909. The molecular weight excluding hydrogens is 347 g/mol. The van der Waals surface area contributed by atoms with Gasteiger partial charge in [-0.3, -0.25) is 4.79 Å². The molecule has 0 atom stereocenters. The molecule has 1 aliphatic carbocycles. The number of nitrogens with one attached hydrogen (secondary N) is 1. The quantitative estimate of drug-likeness (QED) is 0.872. The second kappa shape index (κ2) is 6.39. The predicted octanol–water partition coefficient (Wildman–Crippen LogP) is 3.13. The molecule has 1 heterocycles. The van der Waals surface area contributed by atoms with Crippen LogP contribution in [0.5, 0.6) is 0 Å². The van der Waals surface area contributed by atoms with Crippen LogP contribution in [0, 0.1) is 0 Å². The summed E-state index contributed by atoms with van der Waals surface area (Å²) in [6, 6.07) is 5.27. The predicted molar refractivity (Wildman–Crippen MR) is 96.2 cm³/mol. The number of nitrogens with zero attached hydrogens (tertiary/aromatic N) is 2. The fourth-order valence-electron chi connectivity index (χ4n) is 2.89. The summed E-state index contributed by atoms with van der Waals surface area (Å²) in [6.45, 7) is 4.13. The SMILES string of the molecule is CC(C)(CN)NC(=O)c1nn(-c2ccc(Cl)cc2Cl)c2c1CCC2. The molecule has 0 saturated carbocycles. The maximum atomic E-state index is 12.7. The normalized spacial score (nSPS) is 13.9. The number of rotatable bonds is 4. The molecule has 24 heavy (non-hydrogen) atoms. The number of hydrogen-bond acceptors (Lipinski definition) is 3. The van der Waals surface area contributed by atoms with Crippen molar-refractivity contribution in [2.24, 2.45) is 5.73 Å². The Morgan fingerprint density at radius 3 is 2.79 bits per heavy atom. The minimum absolute atomic E-state index is 0.201. The Balaban J connectivity index is 2.03. The first-order chi connectivity index (χ1) is 11.3. The number of amides is 1. The molecule has 0 unspecified atom stereocenters. The van der Waals surface area contributed by atoms with E-state index in [2.05, 4.69) is 10.4 Å². The van der Waals surface area contributed by atoms with Crippen molar-refractivity contribution >= 4 is 29.1 Å². The first kappa shape index (κ1) is 17.3. The number of hydrogen-bond donors (Lipinski definition) is 2. The molecule has 1 aromatic carbocycles. The van der Waals surface area contributed by atoms with Crippen LogP contribution >= 0.6 is 23.2 Å². The van der Waals surface area contributed by atoms with E-state index in [1.165, 1.54) is 0 Å². The molecule has 0 spiro atoms. The second-order valence-electron chi connectivity index (χ2n) is 6.68. The van der Waals surface area contributed by atoms with E-state index in [4.69, 9.17) is 28.9 Å². The van der Waals surface area contributed by atoms with Gasteiger partial charge in [-0.1, -0.05) is 23.2 Å². The highest BCUT2D eigenvalue weighted by Gasteiger charge is 2.29. The summed E-state index contributed by atoms with van der Waals surface area (Å²) >= 11 is 12.3. The molecule has 0 aliphatic heterocycles. The number of halogens is 2. The molecule has 3 N–H and O–H groups in total. The van der Waals surface area contributed by atoms with Crippen LogP contribution in [0.15, 0.2) is 18.2 Å². The summed E-state index contributed by atoms with van der Waals surface area (Å²) in [7, 11) is 0. The van der Waals surface area contributed by atoms with Gasteiger partial charge in [0.2, 0.25) is 0 Å². The van der Waals surface area contributed by atoms with Gasteiger partial charge in [0.05, 0.1) is 10.7 Å². The zero-order valence-corrected chi connectivity index (χ0v) is 15.2. The first-order valence-electron chi connectivity index (χ1n) is 7.91. The summed E-state index contributed by atoms with van der Waals surface area (Å²) in [6.07, 6.45) is 2.71. The van der Waals surface area contributed by atoms with Crippen molar-refractivity contribution in [3.8, 4) is 5.69 Å². The lowest BCUT2D eigenvalue weighted by Crippen LogP contribution is -2.49. The highest BCUT2D eigenvalue weighted by atomic mass is 35.5. The molecule has 0 fully saturated rings. The lowest BCUT2D eigenvalue weighted by atomic mass is 10.1. The van der Waals surface area contributed by atoms with E-state index in [-0.39, 0.29) is 5.91 Å². The maximum absolute atomic E-state index is 12.7. The monoisotopic (exact) mass is 366 g/mol. The van der Waals surface area contributed by atoms with Crippen LogP contribution in [-0.2, 0) is 12.8 Å². The Morgan fingerprint density at radius 2 is 2.12 bits per heavy atom. The standard InChI is InChI=1S/C17H20Cl2N4O/c1-17(2,9-20)21-16(24)15-11-4-3-5-13(11)23(22-15)14-7-6-10(18)8-12(14)19/h6-8H,3-5,9,20H2,1-2H3,(H,21,24). The summed E-state index contributed by atoms with van der Waals surface area (Å²) in [5.41, 5.74) is 8.44. The molecular formula is C17H20Cl2N4O. The third-order valence-electron chi connectivity index (χ3n) is 4.25. The number of aromatic nitrogens is 2. The molecule has 0 saturated heterocycles. The lowest BCUT2D eigenvalue weighted by Gasteiger charge is -2.23. The number of fused-ring (bicyclic) bond motifs is 1. The molecule has 7 heteroatoms. The minimum Gasteiger partial charge on any atom is -0.344 e. The molecule has 2 aromatic rings. The molecule has 1 aliphatic rings. The van der Waals surface area contributed by atoms with Crippen molar-refractivity contribution in [2.75, 3.05) is 6.54 Å². The smallest absolute Gasteiger partial charge is 0.272 e. The van der Waals surface area contributed by atoms with Gasteiger partial charge in [-0.25, -0.2) is 4.68 Å². The van der Waals surface area contributed by atoms with Gasteiger partial charge in [-0.2, -0.15) is 5.10 Å². The minimum atomic E-state index is -0.482. The van der Waals surface area contributed by atoms with E-state index in [9.17, 15) is 4.79 Å². The molecule has 1 aromatic heterocycles. The van der Waals surface area contributed by atoms with Gasteiger partial charge in [0.15, 0.2) is 5.69 Å². The Morgan fingerprint density at radius 1 is 1.38 bits per heavy atom. The van der Waals surface area contributed by atoms with Crippen LogP contribution in [0.3, 0.4) is 0 Å². The average Bonchev–Trinajstić information content (AvgIpc) is 3.09. The molecule has 3 rings (SSSR count). The Bertz CT molecular complexity index is 798. The average molecular weight is 367 g/mol. The van der Waals surface area contributed by atoms with Crippen molar-refractivity contribution in [1.29, 1.82) is 0 Å². The van der Waals surface area contributed by atoms with Crippen molar-refractivity contribution in [3.63, 3.8) is 0 Å². The zero-order valence-electron chi connectivity index (χ0n) is 13.7. The van der Waals surface area contributed by atoms with E-state index >= 15 is 0 Å². The third-order valence-corrected chi connectivity index (χ3v) is 4.78. The third kappa shape index (κ3) is 3.16. The van der Waals surface area contributed by atoms with Gasteiger partial charge in [-0.15, -0.1) is 0 Å². The van der Waals surface area contributed by atoms with E-state index in [0.29, 0.717) is 22.3 Å². The summed E-state index contributed by atoms with van der Waals surface area (Å²) in [5.74, 6) is -0.201. The number of benzene rings is 1. The fourth-order valence-corrected chi connectivity index (χ4v) is 3.38. The van der Waals surface area contributed by atoms with Crippen LogP contribution < -0.4 is 11.1 Å². The molecule has 5 nitrogen and oxygen atoms in total. The van der Waals surface area contributed by atoms with E-state index in [1.54, 1.807) is 16.8 Å². The number of carbonyl (C=O) groups is 1. The van der Waals surface area contributed by atoms with Crippen LogP contribution in [0.25, 0.3) is 5.69 Å². The van der Waals surface area contributed by atoms with E-state index in [1.807, 2.05) is 19.9 Å². The molecule has 128 valence electrons. The molecule has 0 radical (unpaired) electrons. The van der Waals surface area contributed by atoms with Gasteiger partial charge in [0.25, 0.3) is 5.91 Å². The van der Waals surface area contributed by atoms with Gasteiger partial charge in [0.1, 0.15) is 0 Å². The Labute approximate surface area is 151 Å². The largest absolute Gasteiger partial charge is 0.344 e. The van der Waals surface area contributed by atoms with Crippen molar-refractivity contribution in [3.05, 3.63) is 45.2 Å². The number of carbonyl (C=O) groups excluding carboxylic acids is 1. The van der Waals surface area contributed by atoms with Crippen LogP contribution in [0.1, 0.15) is 42.0 Å². The van der Waals surface area contributed by atoms with Gasteiger partial charge >= 0.3 is 0 Å². The summed E-state index contributed by atoms with van der Waals surface area (Å²) < 4.78 is 1.77. The highest BCUT2D eigenvalue weighted by molar-refractivity contribution is 6.35. The Kier molecular flexibility index (Phi) is 4.60. The maximum Gasteiger partial charge on any atom is 0.272 e. The number of nitrogens with two attached hydrogens (primary N) is 1. The Hall–Kier alpha value is -1.56.